The van der Waals surface area contributed by atoms with Crippen LogP contribution in [0.5, 0.6) is 0 Å². The van der Waals surface area contributed by atoms with Crippen LogP contribution in [0, 0.1) is 0 Å². The normalized spacial score (nSPS) is 17.1. The van der Waals surface area contributed by atoms with Crippen molar-refractivity contribution in [2.24, 2.45) is 0 Å². The molecule has 2 nitrogen and oxygen atoms in total. The number of fused-ring (bicyclic) bond motifs is 17. The predicted octanol–water partition coefficient (Wildman–Crippen LogP) is 28.1. The van der Waals surface area contributed by atoms with Gasteiger partial charge in [-0.3, -0.25) is 0 Å². The Balaban J connectivity index is 0.000000180. The van der Waals surface area contributed by atoms with Gasteiger partial charge in [-0.1, -0.05) is 333 Å². The Labute approximate surface area is 630 Å². The molecule has 2 aromatic heterocycles. The van der Waals surface area contributed by atoms with Gasteiger partial charge in [0.1, 0.15) is 22.3 Å². The predicted molar refractivity (Wildman–Crippen MR) is 426 cm³/mol. The van der Waals surface area contributed by atoms with Crippen molar-refractivity contribution >= 4 is 130 Å². The molecule has 0 spiro atoms. The van der Waals surface area contributed by atoms with E-state index in [1.54, 1.807) is 6.07 Å². The van der Waals surface area contributed by atoms with Gasteiger partial charge in [0.25, 0.3) is 0 Å². The maximum absolute atomic E-state index is 9.84. The first-order valence-corrected chi connectivity index (χ1v) is 31.4. The minimum Gasteiger partial charge on any atom is -0.455 e. The van der Waals surface area contributed by atoms with Gasteiger partial charge in [-0.05, 0) is 184 Å². The Morgan fingerprint density at radius 3 is 1.35 bits per heavy atom. The third-order valence-corrected chi connectivity index (χ3v) is 18.2. The first-order valence-electron chi connectivity index (χ1n) is 50.4. The van der Waals surface area contributed by atoms with Crippen LogP contribution in [0.2, 0.25) is 0 Å². The lowest BCUT2D eigenvalue weighted by Crippen LogP contribution is -1.93. The molecule has 0 saturated heterocycles. The van der Waals surface area contributed by atoms with Crippen LogP contribution in [0.4, 0.5) is 0 Å². The van der Waals surface area contributed by atoms with E-state index in [0.717, 1.165) is 38.4 Å². The van der Waals surface area contributed by atoms with Gasteiger partial charge in [-0.25, -0.2) is 0 Å². The van der Waals surface area contributed by atoms with E-state index >= 15 is 0 Å². The van der Waals surface area contributed by atoms with E-state index in [2.05, 4.69) is 0 Å². The third-order valence-electron chi connectivity index (χ3n) is 18.2. The molecule has 0 bridgehead atoms. The van der Waals surface area contributed by atoms with Crippen molar-refractivity contribution in [1.82, 2.24) is 0 Å². The van der Waals surface area contributed by atoms with Crippen molar-refractivity contribution in [2.75, 3.05) is 0 Å². The average molecular weight is 1310 g/mol. The smallest absolute Gasteiger partial charge is 0.143 e. The minimum atomic E-state index is -1.14. The summed E-state index contributed by atoms with van der Waals surface area (Å²) in [5.74, 6) is 0. The number of hydrogen-bond donors (Lipinski definition) is 0. The van der Waals surface area contributed by atoms with Crippen molar-refractivity contribution in [3.05, 3.63) is 363 Å². The second kappa shape index (κ2) is 23.3. The maximum Gasteiger partial charge on any atom is 0.143 e. The van der Waals surface area contributed by atoms with E-state index in [1.165, 1.54) is 0 Å². The molecule has 2 heteroatoms. The molecule has 464 valence electrons. The molecule has 0 aliphatic rings. The first kappa shape index (κ1) is 30.9. The molecule has 21 rings (SSSR count). The molecule has 0 fully saturated rings. The lowest BCUT2D eigenvalue weighted by molar-refractivity contribution is 0.672. The summed E-state index contributed by atoms with van der Waals surface area (Å²) in [6, 6.07) is 11.6. The summed E-state index contributed by atoms with van der Waals surface area (Å²) >= 11 is 0. The summed E-state index contributed by atoms with van der Waals surface area (Å²) in [6.07, 6.45) is 0. The molecule has 0 aliphatic heterocycles. The summed E-state index contributed by atoms with van der Waals surface area (Å²) < 4.78 is 359. The van der Waals surface area contributed by atoms with Crippen molar-refractivity contribution in [3.8, 4) is 77.9 Å². The van der Waals surface area contributed by atoms with Crippen LogP contribution in [0.3, 0.4) is 0 Å². The van der Waals surface area contributed by atoms with E-state index in [4.69, 9.17) is 40.4 Å². The zero-order valence-corrected chi connectivity index (χ0v) is 51.5. The molecular formula is C98H60O2. The Hall–Kier alpha value is -13.1. The second-order valence-corrected chi connectivity index (χ2v) is 23.4. The summed E-state index contributed by atoms with van der Waals surface area (Å²) in [4.78, 5) is 0. The summed E-state index contributed by atoms with van der Waals surface area (Å²) in [6.45, 7) is 0. The van der Waals surface area contributed by atoms with E-state index < -0.39 is 315 Å². The van der Waals surface area contributed by atoms with Crippen LogP contribution >= 0.6 is 0 Å². The number of benzene rings is 19. The molecule has 100 heavy (non-hydrogen) atoms. The molecule has 19 aromatic carbocycles. The molecule has 0 unspecified atom stereocenters. The molecule has 0 saturated carbocycles. The molecule has 0 atom stereocenters. The molecule has 2 heterocycles. The lowest BCUT2D eigenvalue weighted by atomic mass is 9.83. The summed E-state index contributed by atoms with van der Waals surface area (Å²) in [5.41, 5.74) is 0.578. The maximum atomic E-state index is 9.84. The highest BCUT2D eigenvalue weighted by molar-refractivity contribution is 6.29. The third kappa shape index (κ3) is 9.12. The zero-order valence-electron chi connectivity index (χ0n) is 89.5. The lowest BCUT2D eigenvalue weighted by Gasteiger charge is -2.20. The zero-order chi connectivity index (χ0) is 98.8. The molecule has 21 aromatic rings. The van der Waals surface area contributed by atoms with Crippen molar-refractivity contribution in [1.29, 1.82) is 0 Å². The highest BCUT2D eigenvalue weighted by Gasteiger charge is 2.24. The van der Waals surface area contributed by atoms with Crippen molar-refractivity contribution in [2.45, 2.75) is 0 Å². The Bertz CT molecular complexity index is 9100. The molecule has 0 N–H and O–H groups in total. The quantitative estimate of drug-likeness (QED) is 0.117. The Morgan fingerprint density at radius 2 is 0.670 bits per heavy atom. The van der Waals surface area contributed by atoms with Gasteiger partial charge in [0.15, 0.2) is 0 Å². The van der Waals surface area contributed by atoms with Crippen molar-refractivity contribution < 1.29 is 60.9 Å². The molecule has 0 radical (unpaired) electrons. The van der Waals surface area contributed by atoms with Crippen LogP contribution in [0.15, 0.2) is 372 Å². The fraction of sp³-hybridized carbons (Fsp3) is 0. The number of rotatable bonds is 7. The first-order chi connectivity index (χ1) is 65.5. The van der Waals surface area contributed by atoms with E-state index in [1.807, 2.05) is 127 Å². The van der Waals surface area contributed by atoms with Crippen LogP contribution in [-0.2, 0) is 0 Å². The van der Waals surface area contributed by atoms with Crippen molar-refractivity contribution in [3.63, 3.8) is 0 Å². The van der Waals surface area contributed by atoms with Gasteiger partial charge in [-0.2, -0.15) is 0 Å². The van der Waals surface area contributed by atoms with Crippen LogP contribution in [0.1, 0.15) is 52.1 Å². The average Bonchev–Trinajstić information content (AvgIpc) is 0.890. The fourth-order valence-electron chi connectivity index (χ4n) is 13.9. The number of hydrogen-bond acceptors (Lipinski definition) is 2. The summed E-state index contributed by atoms with van der Waals surface area (Å²) in [5, 5.41) is -3.67. The largest absolute Gasteiger partial charge is 0.455 e. The van der Waals surface area contributed by atoms with Gasteiger partial charge in [-0.15, -0.1) is 0 Å². The number of furan rings is 2. The van der Waals surface area contributed by atoms with Crippen LogP contribution < -0.4 is 0 Å². The van der Waals surface area contributed by atoms with Gasteiger partial charge in [0, 0.05) is 32.3 Å². The van der Waals surface area contributed by atoms with Gasteiger partial charge < -0.3 is 8.83 Å². The molecule has 0 aliphatic carbocycles. The summed E-state index contributed by atoms with van der Waals surface area (Å²) in [7, 11) is 0. The fourth-order valence-corrected chi connectivity index (χ4v) is 13.9. The van der Waals surface area contributed by atoms with Gasteiger partial charge in [0.05, 0.1) is 52.1 Å². The Kier molecular flexibility index (Phi) is 7.21. The topological polar surface area (TPSA) is 26.3 Å². The molecular weight excluding hydrogens is 1210 g/mol. The monoisotopic (exact) mass is 1310 g/mol. The van der Waals surface area contributed by atoms with Gasteiger partial charge >= 0.3 is 0 Å². The minimum absolute atomic E-state index is 0.158. The van der Waals surface area contributed by atoms with E-state index in [-0.39, 0.29) is 51.3 Å². The van der Waals surface area contributed by atoms with Crippen LogP contribution in [-0.4, -0.2) is 0 Å². The molecule has 0 amide bonds. The standard InChI is InChI=1S/C50H30O.C48H30O/c1-4-15-37-31(12-1)28-29-44-49-36(22-11-23-46(49)51-50(37)44)32-24-26-33(27-25-32)47-40-18-7-9-20-42(40)48(43-21-10-8-19-41(43)47)45-30-34-13-2-3-14-35(34)38-16-5-6-17-39(38)45;1-2-13-31(14-3-1)32-25-27-34(28-26-32)35-16-6-7-18-37(35)45-38-19-8-10-21-40(38)46(41-22-11-9-20-39(41)45)42-23-12-24-44-47(42)43-30-29-33-15-4-5-17-36(33)48(43)49-44/h1-30H;1-30H/i1D,2D,3D,4D,5D,6D,7D,8D,9D,10D,11D,12D,13D,14D,15D,16D,17D,18D,19D,20D,21D,22D,23D,24D,25D,26D,27D,28D,29D,30D;8D,9D,10D,11D,19D,20D,21D,22D. The van der Waals surface area contributed by atoms with Crippen LogP contribution in [0.25, 0.3) is 208 Å². The van der Waals surface area contributed by atoms with Gasteiger partial charge in [0.2, 0.25) is 0 Å². The highest BCUT2D eigenvalue weighted by Crippen LogP contribution is 2.51. The van der Waals surface area contributed by atoms with E-state index in [0.29, 0.717) is 33.2 Å². The SMILES string of the molecule is [2H]c1c([2H])c(-c2c([2H])c([2H])c([2H])c3oc4c5c([2H])c([2H])c([2H])c([2H])c5c([2H])c([2H])c4c23)c([2H])c([2H])c1-c1c2c([2H])c([2H])c([2H])c([2H])c2c(-c2c([2H])c3c([2H])c([2H])c([2H])c([2H])c3c3c([2H])c([2H])c([2H])c([2H])c23)c2c([2H])c([2H])c([2H])c([2H])c12.[2H]c1c([2H])c([2H])c2c(-c3cccc4oc5c6ccccc6ccc5c34)c3c([2H])c([2H])c([2H])c([2H])c3c(-c3ccccc3-c3ccc(-c4ccccc4)cc3)c2c1[2H]. The second-order valence-electron chi connectivity index (χ2n) is 23.4. The Morgan fingerprint density at radius 1 is 0.190 bits per heavy atom. The highest BCUT2D eigenvalue weighted by atomic mass is 16.3. The van der Waals surface area contributed by atoms with E-state index in [9.17, 15) is 20.6 Å².